The first-order chi connectivity index (χ1) is 16.2. The standard InChI is InChI=1S/C28H27N3O3/c1-18-14-24(27(33)31-22-8-6-5-7-9-22)23-12-10-20(15-25(23)30-18)21-11-13-26(29-16-21)34-17-28(3,4)19(2)32/h5-16H,17H2,1-4H3,(H,31,33). The molecule has 0 atom stereocenters. The highest BCUT2D eigenvalue weighted by molar-refractivity contribution is 6.12. The summed E-state index contributed by atoms with van der Waals surface area (Å²) < 4.78 is 5.71. The van der Waals surface area contributed by atoms with Crippen LogP contribution in [0.5, 0.6) is 5.88 Å². The Morgan fingerprint density at radius 3 is 2.38 bits per heavy atom. The second-order valence-corrected chi connectivity index (χ2v) is 8.98. The van der Waals surface area contributed by atoms with E-state index in [1.807, 2.05) is 75.4 Å². The van der Waals surface area contributed by atoms with Crippen LogP contribution in [0.1, 0.15) is 36.8 Å². The van der Waals surface area contributed by atoms with E-state index in [2.05, 4.69) is 15.3 Å². The van der Waals surface area contributed by atoms with Gasteiger partial charge in [-0.25, -0.2) is 4.98 Å². The van der Waals surface area contributed by atoms with Gasteiger partial charge in [-0.1, -0.05) is 30.3 Å². The van der Waals surface area contributed by atoms with Gasteiger partial charge in [0.1, 0.15) is 12.4 Å². The molecule has 6 nitrogen and oxygen atoms in total. The van der Waals surface area contributed by atoms with Crippen LogP contribution in [0.3, 0.4) is 0 Å². The van der Waals surface area contributed by atoms with Crippen LogP contribution in [0, 0.1) is 12.3 Å². The number of para-hydroxylation sites is 1. The summed E-state index contributed by atoms with van der Waals surface area (Å²) >= 11 is 0. The maximum absolute atomic E-state index is 13.0. The fraction of sp³-hybridized carbons (Fsp3) is 0.214. The smallest absolute Gasteiger partial charge is 0.256 e. The van der Waals surface area contributed by atoms with E-state index >= 15 is 0 Å². The van der Waals surface area contributed by atoms with Gasteiger partial charge in [0, 0.05) is 34.6 Å². The van der Waals surface area contributed by atoms with Crippen molar-refractivity contribution in [3.05, 3.63) is 84.2 Å². The predicted molar refractivity (Wildman–Crippen MR) is 134 cm³/mol. The quantitative estimate of drug-likeness (QED) is 0.379. The molecule has 0 saturated heterocycles. The third kappa shape index (κ3) is 5.12. The highest BCUT2D eigenvalue weighted by atomic mass is 16.5. The molecule has 6 heteroatoms. The van der Waals surface area contributed by atoms with Crippen molar-refractivity contribution in [2.24, 2.45) is 5.41 Å². The number of ketones is 1. The number of ether oxygens (including phenoxy) is 1. The first-order valence-corrected chi connectivity index (χ1v) is 11.1. The summed E-state index contributed by atoms with van der Waals surface area (Å²) in [4.78, 5) is 33.7. The van der Waals surface area contributed by atoms with Gasteiger partial charge in [0.05, 0.1) is 16.5 Å². The van der Waals surface area contributed by atoms with E-state index in [0.29, 0.717) is 11.4 Å². The summed E-state index contributed by atoms with van der Waals surface area (Å²) in [7, 11) is 0. The fourth-order valence-corrected chi connectivity index (χ4v) is 3.44. The minimum Gasteiger partial charge on any atom is -0.477 e. The second kappa shape index (κ2) is 9.43. The number of pyridine rings is 2. The van der Waals surface area contributed by atoms with Gasteiger partial charge in [-0.05, 0) is 63.6 Å². The molecule has 0 saturated carbocycles. The molecule has 34 heavy (non-hydrogen) atoms. The third-order valence-electron chi connectivity index (χ3n) is 5.82. The Hall–Kier alpha value is -4.06. The molecule has 1 N–H and O–H groups in total. The number of Topliss-reactive ketones (excluding diaryl/α,β-unsaturated/α-hetero) is 1. The van der Waals surface area contributed by atoms with Crippen molar-refractivity contribution in [3.8, 4) is 17.0 Å². The van der Waals surface area contributed by atoms with Crippen LogP contribution >= 0.6 is 0 Å². The fourth-order valence-electron chi connectivity index (χ4n) is 3.44. The lowest BCUT2D eigenvalue weighted by Gasteiger charge is -2.20. The second-order valence-electron chi connectivity index (χ2n) is 8.98. The van der Waals surface area contributed by atoms with Crippen LogP contribution in [0.15, 0.2) is 72.9 Å². The molecular formula is C28H27N3O3. The van der Waals surface area contributed by atoms with Crippen molar-refractivity contribution in [2.75, 3.05) is 11.9 Å². The van der Waals surface area contributed by atoms with E-state index < -0.39 is 5.41 Å². The minimum absolute atomic E-state index is 0.0693. The molecule has 172 valence electrons. The Morgan fingerprint density at radius 1 is 0.971 bits per heavy atom. The average Bonchev–Trinajstić information content (AvgIpc) is 2.82. The molecule has 0 bridgehead atoms. The lowest BCUT2D eigenvalue weighted by atomic mass is 9.90. The SMILES string of the molecule is CC(=O)C(C)(C)COc1ccc(-c2ccc3c(C(=O)Nc4ccccc4)cc(C)nc3c2)cn1. The van der Waals surface area contributed by atoms with E-state index in [0.717, 1.165) is 33.4 Å². The van der Waals surface area contributed by atoms with Crippen molar-refractivity contribution in [1.82, 2.24) is 9.97 Å². The van der Waals surface area contributed by atoms with E-state index in [1.165, 1.54) is 0 Å². The molecule has 1 amide bonds. The number of carbonyl (C=O) groups excluding carboxylic acids is 2. The lowest BCUT2D eigenvalue weighted by Crippen LogP contribution is -2.29. The average molecular weight is 454 g/mol. The van der Waals surface area contributed by atoms with Gasteiger partial charge in [0.25, 0.3) is 5.91 Å². The number of hydrogen-bond acceptors (Lipinski definition) is 5. The molecule has 0 fully saturated rings. The van der Waals surface area contributed by atoms with Crippen molar-refractivity contribution >= 4 is 28.3 Å². The first kappa shape index (κ1) is 23.1. The number of carbonyl (C=O) groups is 2. The van der Waals surface area contributed by atoms with E-state index in [-0.39, 0.29) is 18.3 Å². The number of hydrogen-bond donors (Lipinski definition) is 1. The zero-order chi connectivity index (χ0) is 24.3. The maximum atomic E-state index is 13.0. The van der Waals surface area contributed by atoms with Crippen LogP contribution in [0.4, 0.5) is 5.69 Å². The third-order valence-corrected chi connectivity index (χ3v) is 5.82. The Kier molecular flexibility index (Phi) is 6.41. The van der Waals surface area contributed by atoms with Crippen molar-refractivity contribution in [3.63, 3.8) is 0 Å². The molecule has 0 unspecified atom stereocenters. The van der Waals surface area contributed by atoms with Crippen molar-refractivity contribution in [2.45, 2.75) is 27.7 Å². The Balaban J connectivity index is 1.58. The largest absolute Gasteiger partial charge is 0.477 e. The molecule has 2 aromatic carbocycles. The van der Waals surface area contributed by atoms with Gasteiger partial charge < -0.3 is 10.1 Å². The maximum Gasteiger partial charge on any atom is 0.256 e. The van der Waals surface area contributed by atoms with Gasteiger partial charge >= 0.3 is 0 Å². The summed E-state index contributed by atoms with van der Waals surface area (Å²) in [6.45, 7) is 7.40. The van der Waals surface area contributed by atoms with Crippen molar-refractivity contribution < 1.29 is 14.3 Å². The molecule has 0 aliphatic carbocycles. The molecule has 2 heterocycles. The van der Waals surface area contributed by atoms with Gasteiger partial charge in [-0.2, -0.15) is 0 Å². The van der Waals surface area contributed by atoms with Gasteiger partial charge in [0.15, 0.2) is 0 Å². The molecule has 0 aliphatic rings. The number of nitrogens with one attached hydrogen (secondary N) is 1. The van der Waals surface area contributed by atoms with E-state index in [1.54, 1.807) is 25.3 Å². The van der Waals surface area contributed by atoms with Crippen molar-refractivity contribution in [1.29, 1.82) is 0 Å². The number of anilines is 1. The molecule has 4 aromatic rings. The van der Waals surface area contributed by atoms with Gasteiger partial charge in [-0.3, -0.25) is 14.6 Å². The number of nitrogens with zero attached hydrogens (tertiary/aromatic N) is 2. The highest BCUT2D eigenvalue weighted by Gasteiger charge is 2.24. The molecule has 2 aromatic heterocycles. The summed E-state index contributed by atoms with van der Waals surface area (Å²) in [5.41, 5.74) is 4.09. The molecule has 4 rings (SSSR count). The normalized spacial score (nSPS) is 11.3. The summed E-state index contributed by atoms with van der Waals surface area (Å²) in [6.07, 6.45) is 1.73. The first-order valence-electron chi connectivity index (χ1n) is 11.1. The van der Waals surface area contributed by atoms with Crippen LogP contribution in [0.25, 0.3) is 22.0 Å². The Morgan fingerprint density at radius 2 is 1.71 bits per heavy atom. The Bertz CT molecular complexity index is 1350. The molecule has 0 radical (unpaired) electrons. The monoisotopic (exact) mass is 453 g/mol. The summed E-state index contributed by atoms with van der Waals surface area (Å²) in [5.74, 6) is 0.360. The molecule has 0 spiro atoms. The molecule has 0 aliphatic heterocycles. The number of rotatable bonds is 7. The zero-order valence-corrected chi connectivity index (χ0v) is 19.8. The van der Waals surface area contributed by atoms with Crippen LogP contribution in [0.2, 0.25) is 0 Å². The van der Waals surface area contributed by atoms with E-state index in [4.69, 9.17) is 4.74 Å². The van der Waals surface area contributed by atoms with E-state index in [9.17, 15) is 9.59 Å². The highest BCUT2D eigenvalue weighted by Crippen LogP contribution is 2.27. The van der Waals surface area contributed by atoms with Crippen LogP contribution in [-0.4, -0.2) is 28.3 Å². The topological polar surface area (TPSA) is 81.2 Å². The number of benzene rings is 2. The molecular weight excluding hydrogens is 426 g/mol. The lowest BCUT2D eigenvalue weighted by molar-refractivity contribution is -0.126. The van der Waals surface area contributed by atoms with Crippen LogP contribution < -0.4 is 10.1 Å². The number of aryl methyl sites for hydroxylation is 1. The van der Waals surface area contributed by atoms with Gasteiger partial charge in [0.2, 0.25) is 5.88 Å². The number of fused-ring (bicyclic) bond motifs is 1. The summed E-state index contributed by atoms with van der Waals surface area (Å²) in [5, 5.41) is 3.73. The minimum atomic E-state index is -0.563. The number of aromatic nitrogens is 2. The Labute approximate surface area is 199 Å². The summed E-state index contributed by atoms with van der Waals surface area (Å²) in [6, 6.07) is 20.7. The number of amides is 1. The van der Waals surface area contributed by atoms with Crippen LogP contribution in [-0.2, 0) is 4.79 Å². The predicted octanol–water partition coefficient (Wildman–Crippen LogP) is 5.85. The van der Waals surface area contributed by atoms with Gasteiger partial charge in [-0.15, -0.1) is 0 Å². The zero-order valence-electron chi connectivity index (χ0n) is 19.8.